The summed E-state index contributed by atoms with van der Waals surface area (Å²) in [5, 5.41) is 13.4. The van der Waals surface area contributed by atoms with Crippen molar-refractivity contribution < 1.29 is 37.3 Å². The van der Waals surface area contributed by atoms with Gasteiger partial charge in [-0.3, -0.25) is 10.2 Å². The third-order valence-corrected chi connectivity index (χ3v) is 10.4. The number of halogens is 3. The van der Waals surface area contributed by atoms with Crippen molar-refractivity contribution in [1.82, 2.24) is 19.8 Å². The van der Waals surface area contributed by atoms with Crippen LogP contribution in [0.3, 0.4) is 0 Å². The summed E-state index contributed by atoms with van der Waals surface area (Å²) in [5.74, 6) is -1.58. The number of nitriles is 1. The Labute approximate surface area is 327 Å². The van der Waals surface area contributed by atoms with Crippen molar-refractivity contribution in [3.8, 4) is 23.1 Å². The number of likely N-dealkylation sites (tertiary alicyclic amines) is 1. The van der Waals surface area contributed by atoms with Crippen LogP contribution in [-0.2, 0) is 14.2 Å². The van der Waals surface area contributed by atoms with E-state index in [0.29, 0.717) is 18.8 Å². The Morgan fingerprint density at radius 3 is 2.35 bits per heavy atom. The maximum Gasteiger partial charge on any atom is 0.413 e. The molecule has 2 fully saturated rings. The molecular formula is C38H44ClF2N7O6S. The van der Waals surface area contributed by atoms with E-state index in [2.05, 4.69) is 21.4 Å². The van der Waals surface area contributed by atoms with Crippen LogP contribution in [0, 0.1) is 23.0 Å². The Kier molecular flexibility index (Phi) is 11.1. The lowest BCUT2D eigenvalue weighted by Crippen LogP contribution is -2.55. The van der Waals surface area contributed by atoms with Crippen LogP contribution in [0.2, 0.25) is 5.02 Å². The quantitative estimate of drug-likeness (QED) is 0.204. The smallest absolute Gasteiger partial charge is 0.413 e. The molecule has 2 amide bonds. The van der Waals surface area contributed by atoms with Crippen molar-refractivity contribution >= 4 is 67.1 Å². The lowest BCUT2D eigenvalue weighted by Gasteiger charge is -2.41. The van der Waals surface area contributed by atoms with Gasteiger partial charge in [0.05, 0.1) is 20.9 Å². The summed E-state index contributed by atoms with van der Waals surface area (Å²) in [6, 6.07) is 5.95. The average Bonchev–Trinajstić information content (AvgIpc) is 3.66. The summed E-state index contributed by atoms with van der Waals surface area (Å²) in [7, 11) is 3.48. The molecule has 2 aromatic carbocycles. The Morgan fingerprint density at radius 2 is 1.71 bits per heavy atom. The number of anilines is 2. The Hall–Kier alpha value is -4.56. The second-order valence-corrected chi connectivity index (χ2v) is 17.1. The molecule has 4 aromatic rings. The minimum atomic E-state index is -0.854. The van der Waals surface area contributed by atoms with Gasteiger partial charge >= 0.3 is 12.2 Å². The number of hydrogen-bond acceptors (Lipinski definition) is 12. The van der Waals surface area contributed by atoms with Crippen LogP contribution < -0.4 is 15.0 Å². The zero-order chi connectivity index (χ0) is 40.1. The molecule has 2 aromatic heterocycles. The predicted molar refractivity (Wildman–Crippen MR) is 207 cm³/mol. The number of methoxy groups -OCH3 is 1. The molecule has 1 N–H and O–H groups in total. The summed E-state index contributed by atoms with van der Waals surface area (Å²) in [6.07, 6.45) is -2.12. The number of hydrogen-bond donors (Lipinski definition) is 1. The fourth-order valence-corrected chi connectivity index (χ4v) is 8.01. The highest BCUT2D eigenvalue weighted by Crippen LogP contribution is 2.45. The third kappa shape index (κ3) is 8.35. The second-order valence-electron chi connectivity index (χ2n) is 15.7. The van der Waals surface area contributed by atoms with Crippen molar-refractivity contribution in [3.63, 3.8) is 0 Å². The summed E-state index contributed by atoms with van der Waals surface area (Å²) >= 11 is 7.80. The molecule has 6 rings (SSSR count). The number of pyridine rings is 1. The summed E-state index contributed by atoms with van der Waals surface area (Å²) in [6.45, 7) is 14.2. The number of thiazole rings is 1. The summed E-state index contributed by atoms with van der Waals surface area (Å²) in [4.78, 5) is 40.2. The molecule has 0 saturated carbocycles. The number of carbonyl (C=O) groups is 2. The van der Waals surface area contributed by atoms with E-state index in [1.807, 2.05) is 23.8 Å². The lowest BCUT2D eigenvalue weighted by molar-refractivity contribution is 0.0158. The first-order chi connectivity index (χ1) is 25.8. The van der Waals surface area contributed by atoms with Crippen molar-refractivity contribution in [2.24, 2.45) is 0 Å². The van der Waals surface area contributed by atoms with E-state index < -0.39 is 41.1 Å². The van der Waals surface area contributed by atoms with Crippen LogP contribution in [0.5, 0.6) is 5.88 Å². The number of ether oxygens (including phenoxy) is 4. The number of nitrogens with zero attached hydrogens (tertiary/aromatic N) is 6. The standard InChI is InChI=1S/C38H44ClF2N7O6S/c1-19-16-47(12-13-48(19)36(50)54-38(5,6)7)31-21-14-23(39)27(20-10-11-24(40)32-30(20)44-34(55-32)45-35(49)53-37(2,3)4)28(41)29(21)43-33(22(31)15-42)52-26-18-46(8)17-25(26)51-9/h10-11,14,19,25-26H,12-13,16-18H2,1-9H3,(H,44,45,49)/t19-,25-,26-/m1/s1. The first-order valence-electron chi connectivity index (χ1n) is 17.8. The van der Waals surface area contributed by atoms with Crippen molar-refractivity contribution in [2.75, 3.05) is 57.1 Å². The SMILES string of the molecule is CO[C@@H]1CN(C)C[C@H]1Oc1nc2c(F)c(-c3ccc(F)c4sc(NC(=O)OC(C)(C)C)nc34)c(Cl)cc2c(N2CCN(C(=O)OC(C)(C)C)[C@H](C)C2)c1C#N. The van der Waals surface area contributed by atoms with Crippen LogP contribution in [0.25, 0.3) is 32.2 Å². The third-order valence-electron chi connectivity index (χ3n) is 9.13. The monoisotopic (exact) mass is 799 g/mol. The molecule has 13 nitrogen and oxygen atoms in total. The van der Waals surface area contributed by atoms with Crippen LogP contribution in [-0.4, -0.2) is 108 Å². The number of piperazine rings is 1. The predicted octanol–water partition coefficient (Wildman–Crippen LogP) is 7.82. The van der Waals surface area contributed by atoms with Gasteiger partial charge in [-0.15, -0.1) is 0 Å². The van der Waals surface area contributed by atoms with E-state index in [4.69, 9.17) is 30.5 Å². The highest BCUT2D eigenvalue weighted by atomic mass is 35.5. The molecule has 55 heavy (non-hydrogen) atoms. The lowest BCUT2D eigenvalue weighted by atomic mass is 9.98. The Morgan fingerprint density at radius 1 is 1.02 bits per heavy atom. The maximum absolute atomic E-state index is 17.3. The van der Waals surface area contributed by atoms with Crippen LogP contribution in [0.1, 0.15) is 54.0 Å². The number of amides is 2. The first-order valence-corrected chi connectivity index (χ1v) is 19.0. The number of benzene rings is 2. The van der Waals surface area contributed by atoms with Gasteiger partial charge < -0.3 is 28.7 Å². The maximum atomic E-state index is 17.3. The molecule has 0 spiro atoms. The average molecular weight is 800 g/mol. The number of fused-ring (bicyclic) bond motifs is 2. The minimum absolute atomic E-state index is 0.0385. The van der Waals surface area contributed by atoms with Gasteiger partial charge in [-0.2, -0.15) is 5.26 Å². The van der Waals surface area contributed by atoms with Crippen LogP contribution in [0.15, 0.2) is 18.2 Å². The largest absolute Gasteiger partial charge is 0.469 e. The zero-order valence-corrected chi connectivity index (χ0v) is 33.7. The molecule has 4 heterocycles. The molecule has 0 bridgehead atoms. The fraction of sp³-hybridized carbons (Fsp3) is 0.500. The number of rotatable bonds is 6. The molecule has 0 aliphatic carbocycles. The molecule has 2 saturated heterocycles. The second kappa shape index (κ2) is 15.2. The van der Waals surface area contributed by atoms with Crippen molar-refractivity contribution in [1.29, 1.82) is 5.26 Å². The minimum Gasteiger partial charge on any atom is -0.469 e. The number of carbonyl (C=O) groups excluding carboxylic acids is 2. The first kappa shape index (κ1) is 40.1. The van der Waals surface area contributed by atoms with Gasteiger partial charge in [-0.1, -0.05) is 22.9 Å². The fourth-order valence-electron chi connectivity index (χ4n) is 6.83. The van der Waals surface area contributed by atoms with E-state index in [9.17, 15) is 14.9 Å². The molecule has 0 unspecified atom stereocenters. The van der Waals surface area contributed by atoms with Crippen molar-refractivity contribution in [2.45, 2.75) is 77.9 Å². The molecule has 2 aliphatic rings. The van der Waals surface area contributed by atoms with Crippen LogP contribution in [0.4, 0.5) is 29.2 Å². The van der Waals surface area contributed by atoms with Gasteiger partial charge in [0.2, 0.25) is 5.88 Å². The number of nitrogens with one attached hydrogen (secondary N) is 1. The van der Waals surface area contributed by atoms with Gasteiger partial charge in [0, 0.05) is 62.4 Å². The Balaban J connectivity index is 1.50. The van der Waals surface area contributed by atoms with Gasteiger partial charge in [-0.25, -0.2) is 28.3 Å². The molecule has 0 radical (unpaired) electrons. The van der Waals surface area contributed by atoms with E-state index >= 15 is 8.78 Å². The molecule has 2 aliphatic heterocycles. The van der Waals surface area contributed by atoms with E-state index in [-0.39, 0.29) is 85.6 Å². The normalized spacial score (nSPS) is 19.5. The summed E-state index contributed by atoms with van der Waals surface area (Å²) < 4.78 is 55.7. The molecule has 3 atom stereocenters. The summed E-state index contributed by atoms with van der Waals surface area (Å²) in [5.41, 5.74) is -1.12. The highest BCUT2D eigenvalue weighted by molar-refractivity contribution is 7.22. The van der Waals surface area contributed by atoms with Gasteiger partial charge in [-0.05, 0) is 73.7 Å². The molecule has 17 heteroatoms. The van der Waals surface area contributed by atoms with Gasteiger partial charge in [0.1, 0.15) is 46.4 Å². The van der Waals surface area contributed by atoms with E-state index in [1.165, 1.54) is 18.2 Å². The number of likely N-dealkylation sites (N-methyl/N-ethyl adjacent to an activating group) is 1. The Bertz CT molecular complexity index is 2200. The van der Waals surface area contributed by atoms with E-state index in [0.717, 1.165) is 11.3 Å². The number of aromatic nitrogens is 2. The molecular weight excluding hydrogens is 756 g/mol. The van der Waals surface area contributed by atoms with Crippen molar-refractivity contribution in [3.05, 3.63) is 40.4 Å². The van der Waals surface area contributed by atoms with Gasteiger partial charge in [0.15, 0.2) is 10.9 Å². The van der Waals surface area contributed by atoms with Crippen LogP contribution >= 0.6 is 22.9 Å². The molecule has 294 valence electrons. The van der Waals surface area contributed by atoms with E-state index in [1.54, 1.807) is 53.6 Å². The zero-order valence-electron chi connectivity index (χ0n) is 32.2. The van der Waals surface area contributed by atoms with Gasteiger partial charge in [0.25, 0.3) is 0 Å². The topological polar surface area (TPSA) is 142 Å². The highest BCUT2D eigenvalue weighted by Gasteiger charge is 2.37.